The van der Waals surface area contributed by atoms with E-state index in [-0.39, 0.29) is 0 Å². The Bertz CT molecular complexity index is 3540. The van der Waals surface area contributed by atoms with Gasteiger partial charge in [0.05, 0.1) is 27.6 Å². The molecule has 0 saturated heterocycles. The van der Waals surface area contributed by atoms with Crippen molar-refractivity contribution in [2.45, 2.75) is 0 Å². The minimum Gasteiger partial charge on any atom is -0.292 e. The molecule has 0 N–H and O–H groups in total. The number of rotatable bonds is 4. The van der Waals surface area contributed by atoms with Gasteiger partial charge in [-0.15, -0.1) is 0 Å². The first-order chi connectivity index (χ1) is 27.7. The summed E-state index contributed by atoms with van der Waals surface area (Å²) in [5.41, 5.74) is 13.4. The van der Waals surface area contributed by atoms with Gasteiger partial charge in [0.1, 0.15) is 11.5 Å². The zero-order chi connectivity index (χ0) is 36.7. The third kappa shape index (κ3) is 4.73. The number of hydrogen-bond acceptors (Lipinski definition) is 2. The number of aromatic nitrogens is 4. The van der Waals surface area contributed by atoms with Gasteiger partial charge < -0.3 is 0 Å². The Balaban J connectivity index is 0.902. The molecular formula is C52H32N4. The topological polar surface area (TPSA) is 35.1 Å². The highest BCUT2D eigenvalue weighted by Crippen LogP contribution is 2.37. The molecule has 4 heteroatoms. The molecule has 0 unspecified atom stereocenters. The van der Waals surface area contributed by atoms with Crippen LogP contribution < -0.4 is 0 Å². The summed E-state index contributed by atoms with van der Waals surface area (Å²) in [5, 5.41) is 8.44. The summed E-state index contributed by atoms with van der Waals surface area (Å²) in [6.07, 6.45) is 0. The van der Waals surface area contributed by atoms with Crippen LogP contribution in [0.25, 0.3) is 110 Å². The van der Waals surface area contributed by atoms with E-state index in [2.05, 4.69) is 203 Å². The second kappa shape index (κ2) is 12.0. The predicted molar refractivity (Wildman–Crippen MR) is 234 cm³/mol. The first kappa shape index (κ1) is 30.9. The molecule has 0 spiro atoms. The summed E-state index contributed by atoms with van der Waals surface area (Å²) >= 11 is 0. The molecule has 260 valence electrons. The molecule has 0 saturated carbocycles. The SMILES string of the molecule is c1ccc(-n2c(-c3ccc4cc(-c5ccc6cc(-c7ccc8c(c7)c7ccccc7c7nc9ccccc9n87)ccc6c5)ccc4c3)nc3ccccc32)cc1. The lowest BCUT2D eigenvalue weighted by molar-refractivity contribution is 1.10. The Hall–Kier alpha value is -7.56. The van der Waals surface area contributed by atoms with E-state index in [0.29, 0.717) is 0 Å². The lowest BCUT2D eigenvalue weighted by Crippen LogP contribution is -1.97. The predicted octanol–water partition coefficient (Wildman–Crippen LogP) is 13.4. The number of nitrogens with zero attached hydrogens (tertiary/aromatic N) is 4. The lowest BCUT2D eigenvalue weighted by atomic mass is 9.95. The molecule has 0 fully saturated rings. The lowest BCUT2D eigenvalue weighted by Gasteiger charge is -2.12. The minimum atomic E-state index is 0.943. The maximum atomic E-state index is 5.09. The molecule has 0 radical (unpaired) electrons. The molecule has 12 aromatic rings. The van der Waals surface area contributed by atoms with E-state index >= 15 is 0 Å². The van der Waals surface area contributed by atoms with Crippen LogP contribution in [-0.4, -0.2) is 18.9 Å². The number of imidazole rings is 2. The van der Waals surface area contributed by atoms with E-state index in [4.69, 9.17) is 9.97 Å². The number of pyridine rings is 1. The van der Waals surface area contributed by atoms with E-state index in [0.717, 1.165) is 50.2 Å². The molecule has 3 aromatic heterocycles. The minimum absolute atomic E-state index is 0.943. The van der Waals surface area contributed by atoms with Gasteiger partial charge in [-0.3, -0.25) is 8.97 Å². The van der Waals surface area contributed by atoms with Crippen LogP contribution in [0.4, 0.5) is 0 Å². The van der Waals surface area contributed by atoms with Gasteiger partial charge in [0.25, 0.3) is 0 Å². The maximum Gasteiger partial charge on any atom is 0.146 e. The molecule has 0 aliphatic rings. The van der Waals surface area contributed by atoms with Crippen LogP contribution in [0.1, 0.15) is 0 Å². The molecular weight excluding hydrogens is 681 g/mol. The molecule has 0 atom stereocenters. The quantitative estimate of drug-likeness (QED) is 0.170. The highest BCUT2D eigenvalue weighted by atomic mass is 15.1. The van der Waals surface area contributed by atoms with Crippen molar-refractivity contribution in [3.63, 3.8) is 0 Å². The molecule has 0 aliphatic carbocycles. The van der Waals surface area contributed by atoms with Crippen molar-refractivity contribution in [1.29, 1.82) is 0 Å². The van der Waals surface area contributed by atoms with Crippen LogP contribution in [0, 0.1) is 0 Å². The fraction of sp³-hybridized carbons (Fsp3) is 0. The summed E-state index contributed by atoms with van der Waals surface area (Å²) in [4.78, 5) is 10.1. The number of fused-ring (bicyclic) bond motifs is 11. The van der Waals surface area contributed by atoms with Gasteiger partial charge in [0, 0.05) is 22.0 Å². The van der Waals surface area contributed by atoms with Crippen molar-refractivity contribution >= 4 is 70.9 Å². The van der Waals surface area contributed by atoms with Crippen molar-refractivity contribution in [1.82, 2.24) is 18.9 Å². The van der Waals surface area contributed by atoms with Crippen molar-refractivity contribution in [3.8, 4) is 39.3 Å². The van der Waals surface area contributed by atoms with Crippen molar-refractivity contribution < 1.29 is 0 Å². The highest BCUT2D eigenvalue weighted by Gasteiger charge is 2.16. The maximum absolute atomic E-state index is 5.09. The Kier molecular flexibility index (Phi) is 6.60. The first-order valence-electron chi connectivity index (χ1n) is 19.1. The third-order valence-corrected chi connectivity index (χ3v) is 11.4. The zero-order valence-corrected chi connectivity index (χ0v) is 30.3. The van der Waals surface area contributed by atoms with Gasteiger partial charge in [0.2, 0.25) is 0 Å². The van der Waals surface area contributed by atoms with E-state index in [1.165, 1.54) is 60.1 Å². The molecule has 3 heterocycles. The van der Waals surface area contributed by atoms with Crippen molar-refractivity contribution in [2.24, 2.45) is 0 Å². The number of benzene rings is 9. The number of para-hydroxylation sites is 5. The molecule has 4 nitrogen and oxygen atoms in total. The fourth-order valence-electron chi connectivity index (χ4n) is 8.72. The average molecular weight is 713 g/mol. The first-order valence-corrected chi connectivity index (χ1v) is 19.1. The van der Waals surface area contributed by atoms with E-state index < -0.39 is 0 Å². The molecule has 56 heavy (non-hydrogen) atoms. The zero-order valence-electron chi connectivity index (χ0n) is 30.3. The van der Waals surface area contributed by atoms with Crippen molar-refractivity contribution in [2.75, 3.05) is 0 Å². The van der Waals surface area contributed by atoms with Crippen LogP contribution in [0.3, 0.4) is 0 Å². The molecule has 0 amide bonds. The van der Waals surface area contributed by atoms with Gasteiger partial charge in [0.15, 0.2) is 0 Å². The third-order valence-electron chi connectivity index (χ3n) is 11.4. The Morgan fingerprint density at radius 1 is 0.321 bits per heavy atom. The van der Waals surface area contributed by atoms with Crippen LogP contribution in [0.2, 0.25) is 0 Å². The fourth-order valence-corrected chi connectivity index (χ4v) is 8.72. The van der Waals surface area contributed by atoms with Gasteiger partial charge >= 0.3 is 0 Å². The summed E-state index contributed by atoms with van der Waals surface area (Å²) in [6, 6.07) is 69.8. The smallest absolute Gasteiger partial charge is 0.146 e. The number of hydrogen-bond donors (Lipinski definition) is 0. The van der Waals surface area contributed by atoms with E-state index in [1.807, 2.05) is 0 Å². The molecule has 0 aliphatic heterocycles. The summed E-state index contributed by atoms with van der Waals surface area (Å²) in [6.45, 7) is 0. The largest absolute Gasteiger partial charge is 0.292 e. The standard InChI is InChI=1S/C52H32N4/c1-2-10-42(11-3-1)55-49-16-8-6-14-46(49)53-51(55)41-25-24-37-29-35(21-23-39(37)31-41)33-18-19-36-30-38(22-20-34(36)28-33)40-26-27-48-45(32-40)43-12-4-5-13-44(43)52-54-47-15-7-9-17-50(47)56(48)52/h1-32H. The summed E-state index contributed by atoms with van der Waals surface area (Å²) < 4.78 is 4.57. The second-order valence-corrected chi connectivity index (χ2v) is 14.7. The Morgan fingerprint density at radius 3 is 1.50 bits per heavy atom. The Morgan fingerprint density at radius 2 is 0.821 bits per heavy atom. The van der Waals surface area contributed by atoms with Gasteiger partial charge in [-0.05, 0) is 122 Å². The van der Waals surface area contributed by atoms with Crippen LogP contribution in [0.15, 0.2) is 194 Å². The Labute approximate surface area is 322 Å². The van der Waals surface area contributed by atoms with E-state index in [1.54, 1.807) is 0 Å². The summed E-state index contributed by atoms with van der Waals surface area (Å²) in [7, 11) is 0. The van der Waals surface area contributed by atoms with Gasteiger partial charge in [-0.1, -0.05) is 121 Å². The van der Waals surface area contributed by atoms with E-state index in [9.17, 15) is 0 Å². The summed E-state index contributed by atoms with van der Waals surface area (Å²) in [5.74, 6) is 0.943. The average Bonchev–Trinajstić information content (AvgIpc) is 3.86. The van der Waals surface area contributed by atoms with Gasteiger partial charge in [-0.25, -0.2) is 9.97 Å². The normalized spacial score (nSPS) is 11.9. The van der Waals surface area contributed by atoms with Crippen molar-refractivity contribution in [3.05, 3.63) is 194 Å². The van der Waals surface area contributed by atoms with Crippen LogP contribution >= 0.6 is 0 Å². The van der Waals surface area contributed by atoms with Crippen LogP contribution in [-0.2, 0) is 0 Å². The van der Waals surface area contributed by atoms with Gasteiger partial charge in [-0.2, -0.15) is 0 Å². The molecule has 9 aromatic carbocycles. The van der Waals surface area contributed by atoms with Crippen LogP contribution in [0.5, 0.6) is 0 Å². The highest BCUT2D eigenvalue weighted by molar-refractivity contribution is 6.14. The molecule has 0 bridgehead atoms. The second-order valence-electron chi connectivity index (χ2n) is 14.7. The monoisotopic (exact) mass is 712 g/mol. The molecule has 12 rings (SSSR count).